The molecule has 3 heterocycles. The molecule has 262 valence electrons. The van der Waals surface area contributed by atoms with Gasteiger partial charge < -0.3 is 8.98 Å². The van der Waals surface area contributed by atoms with Crippen LogP contribution in [0.3, 0.4) is 0 Å². The minimum atomic E-state index is 0.619. The van der Waals surface area contributed by atoms with Crippen LogP contribution >= 0.6 is 0 Å². The fourth-order valence-electron chi connectivity index (χ4n) is 8.07. The first-order valence-electron chi connectivity index (χ1n) is 18.8. The van der Waals surface area contributed by atoms with Crippen molar-refractivity contribution in [2.45, 2.75) is 0 Å². The van der Waals surface area contributed by atoms with Crippen molar-refractivity contribution in [2.75, 3.05) is 0 Å². The Morgan fingerprint density at radius 1 is 0.357 bits per heavy atom. The summed E-state index contributed by atoms with van der Waals surface area (Å²) in [7, 11) is 0. The van der Waals surface area contributed by atoms with Gasteiger partial charge in [-0.3, -0.25) is 0 Å². The first-order chi connectivity index (χ1) is 27.8. The van der Waals surface area contributed by atoms with Gasteiger partial charge in [0.25, 0.3) is 0 Å². The molecule has 5 nitrogen and oxygen atoms in total. The van der Waals surface area contributed by atoms with E-state index in [2.05, 4.69) is 156 Å². The number of nitrogens with zero attached hydrogens (tertiary/aromatic N) is 4. The molecule has 0 saturated heterocycles. The summed E-state index contributed by atoms with van der Waals surface area (Å²) in [6.45, 7) is 0. The summed E-state index contributed by atoms with van der Waals surface area (Å²) >= 11 is 0. The van der Waals surface area contributed by atoms with Crippen LogP contribution in [0, 0.1) is 0 Å². The van der Waals surface area contributed by atoms with Gasteiger partial charge in [0.2, 0.25) is 0 Å². The number of aromatic nitrogens is 4. The summed E-state index contributed by atoms with van der Waals surface area (Å²) in [4.78, 5) is 15.5. The maximum atomic E-state index is 6.56. The maximum absolute atomic E-state index is 6.56. The summed E-state index contributed by atoms with van der Waals surface area (Å²) in [6.07, 6.45) is 0. The van der Waals surface area contributed by atoms with Crippen LogP contribution < -0.4 is 0 Å². The van der Waals surface area contributed by atoms with Crippen molar-refractivity contribution in [1.82, 2.24) is 19.5 Å². The Morgan fingerprint density at radius 3 is 1.71 bits per heavy atom. The minimum absolute atomic E-state index is 0.619. The summed E-state index contributed by atoms with van der Waals surface area (Å²) < 4.78 is 8.92. The zero-order chi connectivity index (χ0) is 37.0. The van der Waals surface area contributed by atoms with E-state index >= 15 is 0 Å². The van der Waals surface area contributed by atoms with E-state index in [9.17, 15) is 0 Å². The highest BCUT2D eigenvalue weighted by Gasteiger charge is 2.22. The van der Waals surface area contributed by atoms with Gasteiger partial charge in [0.05, 0.1) is 11.0 Å². The number of para-hydroxylation sites is 2. The monoisotopic (exact) mass is 716 g/mol. The molecule has 11 aromatic rings. The maximum Gasteiger partial charge on any atom is 0.164 e. The summed E-state index contributed by atoms with van der Waals surface area (Å²) in [6, 6.07) is 67.3. The summed E-state index contributed by atoms with van der Waals surface area (Å²) in [5, 5.41) is 4.36. The van der Waals surface area contributed by atoms with E-state index in [-0.39, 0.29) is 0 Å². The van der Waals surface area contributed by atoms with Crippen molar-refractivity contribution in [3.8, 4) is 62.1 Å². The molecule has 0 aliphatic carbocycles. The van der Waals surface area contributed by atoms with E-state index in [1.165, 1.54) is 0 Å². The molecule has 0 unspecified atom stereocenters. The van der Waals surface area contributed by atoms with Crippen LogP contribution in [0.1, 0.15) is 0 Å². The molecular formula is C51H32N4O. The van der Waals surface area contributed by atoms with Crippen LogP contribution in [0.2, 0.25) is 0 Å². The average Bonchev–Trinajstić information content (AvgIpc) is 3.83. The molecule has 0 saturated carbocycles. The first kappa shape index (κ1) is 31.9. The SMILES string of the molecule is c1ccc(-c2cccc(-c3nc(-c4ccccc4)nc(-c4cccc5c4c4ccccc4n5-c4cc(-c5ccccc5)c5oc6ccccc6c5c4)n3)c2)cc1. The molecule has 0 N–H and O–H groups in total. The third-order valence-corrected chi connectivity index (χ3v) is 10.6. The van der Waals surface area contributed by atoms with E-state index in [1.807, 2.05) is 42.5 Å². The third kappa shape index (κ3) is 5.29. The zero-order valence-electron chi connectivity index (χ0n) is 30.2. The van der Waals surface area contributed by atoms with Gasteiger partial charge in [-0.1, -0.05) is 158 Å². The lowest BCUT2D eigenvalue weighted by molar-refractivity contribution is 0.670. The molecule has 56 heavy (non-hydrogen) atoms. The van der Waals surface area contributed by atoms with Crippen LogP contribution in [-0.2, 0) is 0 Å². The lowest BCUT2D eigenvalue weighted by Gasteiger charge is -2.12. The van der Waals surface area contributed by atoms with Crippen LogP contribution in [0.25, 0.3) is 106 Å². The number of furan rings is 1. The normalized spacial score (nSPS) is 11.6. The number of benzene rings is 8. The Morgan fingerprint density at radius 2 is 0.929 bits per heavy atom. The summed E-state index contributed by atoms with van der Waals surface area (Å²) in [5.74, 6) is 1.87. The molecule has 0 fully saturated rings. The second-order valence-corrected chi connectivity index (χ2v) is 14.0. The van der Waals surface area contributed by atoms with Crippen molar-refractivity contribution in [1.29, 1.82) is 0 Å². The van der Waals surface area contributed by atoms with Gasteiger partial charge in [-0.05, 0) is 53.1 Å². The highest BCUT2D eigenvalue weighted by Crippen LogP contribution is 2.42. The van der Waals surface area contributed by atoms with Crippen molar-refractivity contribution in [2.24, 2.45) is 0 Å². The molecule has 0 bridgehead atoms. The molecule has 0 aliphatic heterocycles. The Labute approximate surface area is 322 Å². The lowest BCUT2D eigenvalue weighted by Crippen LogP contribution is -2.01. The molecule has 3 aromatic heterocycles. The van der Waals surface area contributed by atoms with Crippen molar-refractivity contribution < 1.29 is 4.42 Å². The molecular weight excluding hydrogens is 685 g/mol. The molecule has 5 heteroatoms. The van der Waals surface area contributed by atoms with Gasteiger partial charge in [0, 0.05) is 49.5 Å². The largest absolute Gasteiger partial charge is 0.455 e. The summed E-state index contributed by atoms with van der Waals surface area (Å²) in [5.41, 5.74) is 12.1. The second-order valence-electron chi connectivity index (χ2n) is 14.0. The van der Waals surface area contributed by atoms with E-state index in [0.717, 1.165) is 88.4 Å². The third-order valence-electron chi connectivity index (χ3n) is 10.6. The van der Waals surface area contributed by atoms with Gasteiger partial charge in [-0.2, -0.15) is 0 Å². The number of hydrogen-bond donors (Lipinski definition) is 0. The van der Waals surface area contributed by atoms with E-state index in [0.29, 0.717) is 17.5 Å². The first-order valence-corrected chi connectivity index (χ1v) is 18.8. The van der Waals surface area contributed by atoms with E-state index < -0.39 is 0 Å². The topological polar surface area (TPSA) is 56.7 Å². The van der Waals surface area contributed by atoms with E-state index in [1.54, 1.807) is 0 Å². The minimum Gasteiger partial charge on any atom is -0.455 e. The molecule has 0 spiro atoms. The Bertz CT molecular complexity index is 3240. The number of hydrogen-bond acceptors (Lipinski definition) is 4. The number of rotatable bonds is 6. The lowest BCUT2D eigenvalue weighted by atomic mass is 10.0. The highest BCUT2D eigenvalue weighted by molar-refractivity contribution is 6.16. The molecule has 0 aliphatic rings. The molecule has 11 rings (SSSR count). The fraction of sp³-hybridized carbons (Fsp3) is 0. The van der Waals surface area contributed by atoms with Gasteiger partial charge >= 0.3 is 0 Å². The predicted molar refractivity (Wildman–Crippen MR) is 229 cm³/mol. The quantitative estimate of drug-likeness (QED) is 0.172. The van der Waals surface area contributed by atoms with Crippen LogP contribution in [-0.4, -0.2) is 19.5 Å². The molecule has 0 radical (unpaired) electrons. The Hall–Kier alpha value is -7.63. The van der Waals surface area contributed by atoms with Gasteiger partial charge in [-0.25, -0.2) is 15.0 Å². The van der Waals surface area contributed by atoms with Crippen LogP contribution in [0.15, 0.2) is 199 Å². The molecule has 0 atom stereocenters. The molecule has 0 amide bonds. The predicted octanol–water partition coefficient (Wildman–Crippen LogP) is 13.2. The van der Waals surface area contributed by atoms with Crippen molar-refractivity contribution >= 4 is 43.7 Å². The number of fused-ring (bicyclic) bond motifs is 6. The standard InChI is InChI=1S/C51H32N4O/c1-4-16-33(17-5-1)36-22-14-23-37(30-36)50-52-49(35-20-8-3-9-21-35)53-51(54-50)41-26-15-28-45-47(41)40-25-10-12-27-44(40)55(45)38-31-42(34-18-6-2-7-19-34)48-43(32-38)39-24-11-13-29-46(39)56-48/h1-32H. The van der Waals surface area contributed by atoms with Gasteiger partial charge in [0.15, 0.2) is 17.5 Å². The van der Waals surface area contributed by atoms with Gasteiger partial charge in [-0.15, -0.1) is 0 Å². The fourth-order valence-corrected chi connectivity index (χ4v) is 8.07. The smallest absolute Gasteiger partial charge is 0.164 e. The van der Waals surface area contributed by atoms with Crippen molar-refractivity contribution in [3.05, 3.63) is 194 Å². The zero-order valence-corrected chi connectivity index (χ0v) is 30.2. The second kappa shape index (κ2) is 13.0. The van der Waals surface area contributed by atoms with E-state index in [4.69, 9.17) is 19.4 Å². The Kier molecular flexibility index (Phi) is 7.42. The van der Waals surface area contributed by atoms with Crippen LogP contribution in [0.4, 0.5) is 0 Å². The molecule has 8 aromatic carbocycles. The Balaban J connectivity index is 1.17. The average molecular weight is 717 g/mol. The van der Waals surface area contributed by atoms with Gasteiger partial charge in [0.1, 0.15) is 11.2 Å². The van der Waals surface area contributed by atoms with Crippen molar-refractivity contribution in [3.63, 3.8) is 0 Å². The highest BCUT2D eigenvalue weighted by atomic mass is 16.3. The van der Waals surface area contributed by atoms with Crippen LogP contribution in [0.5, 0.6) is 0 Å².